The Labute approximate surface area is 142 Å². The van der Waals surface area contributed by atoms with Gasteiger partial charge in [0, 0.05) is 5.69 Å². The molecule has 0 aromatic heterocycles. The molecule has 0 radical (unpaired) electrons. The summed E-state index contributed by atoms with van der Waals surface area (Å²) in [6, 6.07) is 14.6. The standard InChI is InChI=1S/C18H22N2O3S/c1-3-14-4-8-16(9-5-14)13(2)18(21)20-17-10-6-15(7-11-17)12-24(19,22)23/h4-11,13H,3,12H2,1-2H3,(H,20,21)(H2,19,22,23)/t13-/m0/s1. The van der Waals surface area contributed by atoms with Crippen LogP contribution in [-0.4, -0.2) is 14.3 Å². The van der Waals surface area contributed by atoms with Crippen molar-refractivity contribution in [2.24, 2.45) is 5.14 Å². The number of benzene rings is 2. The van der Waals surface area contributed by atoms with Gasteiger partial charge in [-0.05, 0) is 42.2 Å². The number of carbonyl (C=O) groups excluding carboxylic acids is 1. The molecule has 128 valence electrons. The minimum Gasteiger partial charge on any atom is -0.326 e. The van der Waals surface area contributed by atoms with E-state index < -0.39 is 10.0 Å². The fourth-order valence-corrected chi connectivity index (χ4v) is 3.02. The molecule has 0 spiro atoms. The van der Waals surface area contributed by atoms with E-state index in [0.29, 0.717) is 11.3 Å². The Hall–Kier alpha value is -2.18. The Kier molecular flexibility index (Phi) is 5.75. The first-order valence-electron chi connectivity index (χ1n) is 7.77. The van der Waals surface area contributed by atoms with Gasteiger partial charge in [0.1, 0.15) is 0 Å². The van der Waals surface area contributed by atoms with Crippen LogP contribution in [0.3, 0.4) is 0 Å². The van der Waals surface area contributed by atoms with Crippen LogP contribution in [0.15, 0.2) is 48.5 Å². The van der Waals surface area contributed by atoms with Gasteiger partial charge in [-0.1, -0.05) is 43.3 Å². The highest BCUT2D eigenvalue weighted by atomic mass is 32.2. The molecule has 0 bridgehead atoms. The van der Waals surface area contributed by atoms with Gasteiger partial charge in [0.25, 0.3) is 0 Å². The zero-order chi connectivity index (χ0) is 17.7. The van der Waals surface area contributed by atoms with Gasteiger partial charge in [0.15, 0.2) is 0 Å². The first-order chi connectivity index (χ1) is 11.3. The summed E-state index contributed by atoms with van der Waals surface area (Å²) in [6.07, 6.45) is 0.964. The lowest BCUT2D eigenvalue weighted by molar-refractivity contribution is -0.117. The lowest BCUT2D eigenvalue weighted by atomic mass is 9.98. The molecule has 0 heterocycles. The van der Waals surface area contributed by atoms with E-state index in [1.54, 1.807) is 24.3 Å². The molecule has 24 heavy (non-hydrogen) atoms. The van der Waals surface area contributed by atoms with Crippen LogP contribution in [0.25, 0.3) is 0 Å². The molecule has 5 nitrogen and oxygen atoms in total. The fraction of sp³-hybridized carbons (Fsp3) is 0.278. The first-order valence-corrected chi connectivity index (χ1v) is 9.49. The van der Waals surface area contributed by atoms with Crippen molar-refractivity contribution in [3.63, 3.8) is 0 Å². The van der Waals surface area contributed by atoms with E-state index in [9.17, 15) is 13.2 Å². The number of anilines is 1. The fourth-order valence-electron chi connectivity index (χ4n) is 2.36. The van der Waals surface area contributed by atoms with Gasteiger partial charge in [0.05, 0.1) is 11.7 Å². The molecule has 0 saturated heterocycles. The molecule has 3 N–H and O–H groups in total. The third-order valence-electron chi connectivity index (χ3n) is 3.87. The summed E-state index contributed by atoms with van der Waals surface area (Å²) in [5.41, 5.74) is 3.39. The number of nitrogens with two attached hydrogens (primary N) is 1. The lowest BCUT2D eigenvalue weighted by Gasteiger charge is -2.13. The molecule has 0 saturated carbocycles. The van der Waals surface area contributed by atoms with Crippen LogP contribution in [0.1, 0.15) is 36.5 Å². The predicted octanol–water partition coefficient (Wildman–Crippen LogP) is 2.78. The van der Waals surface area contributed by atoms with Crippen LogP contribution < -0.4 is 10.5 Å². The van der Waals surface area contributed by atoms with Crippen LogP contribution in [-0.2, 0) is 27.0 Å². The zero-order valence-corrected chi connectivity index (χ0v) is 14.6. The maximum absolute atomic E-state index is 12.4. The third kappa shape index (κ3) is 5.18. The molecule has 6 heteroatoms. The van der Waals surface area contributed by atoms with E-state index in [1.165, 1.54) is 5.56 Å². The van der Waals surface area contributed by atoms with E-state index in [0.717, 1.165) is 12.0 Å². The second kappa shape index (κ2) is 7.59. The average molecular weight is 346 g/mol. The summed E-state index contributed by atoms with van der Waals surface area (Å²) in [7, 11) is -3.56. The van der Waals surface area contributed by atoms with Crippen LogP contribution in [0.4, 0.5) is 5.69 Å². The number of nitrogens with one attached hydrogen (secondary N) is 1. The van der Waals surface area contributed by atoms with Crippen molar-refractivity contribution < 1.29 is 13.2 Å². The van der Waals surface area contributed by atoms with E-state index >= 15 is 0 Å². The van der Waals surface area contributed by atoms with Crippen molar-refractivity contribution in [3.05, 3.63) is 65.2 Å². The van der Waals surface area contributed by atoms with Crippen LogP contribution in [0, 0.1) is 0 Å². The number of amides is 1. The Bertz CT molecular complexity index is 797. The molecular weight excluding hydrogens is 324 g/mol. The van der Waals surface area contributed by atoms with E-state index in [1.807, 2.05) is 31.2 Å². The molecule has 0 fully saturated rings. The Morgan fingerprint density at radius 3 is 2.08 bits per heavy atom. The average Bonchev–Trinajstić information content (AvgIpc) is 2.54. The highest BCUT2D eigenvalue weighted by molar-refractivity contribution is 7.88. The van der Waals surface area contributed by atoms with Crippen molar-refractivity contribution >= 4 is 21.6 Å². The Morgan fingerprint density at radius 2 is 1.58 bits per heavy atom. The highest BCUT2D eigenvalue weighted by Crippen LogP contribution is 2.19. The number of carbonyl (C=O) groups is 1. The number of primary sulfonamides is 1. The van der Waals surface area contributed by atoms with E-state index in [4.69, 9.17) is 5.14 Å². The maximum atomic E-state index is 12.4. The minimum atomic E-state index is -3.56. The van der Waals surface area contributed by atoms with Gasteiger partial charge >= 0.3 is 0 Å². The second-order valence-electron chi connectivity index (χ2n) is 5.81. The SMILES string of the molecule is CCc1ccc([C@H](C)C(=O)Nc2ccc(CS(N)(=O)=O)cc2)cc1. The van der Waals surface area contributed by atoms with Gasteiger partial charge in [0.2, 0.25) is 15.9 Å². The molecule has 1 amide bonds. The molecular formula is C18H22N2O3S. The third-order valence-corrected chi connectivity index (χ3v) is 4.61. The molecule has 1 atom stereocenters. The summed E-state index contributed by atoms with van der Waals surface area (Å²) in [5.74, 6) is -0.611. The van der Waals surface area contributed by atoms with Gasteiger partial charge in [-0.2, -0.15) is 0 Å². The summed E-state index contributed by atoms with van der Waals surface area (Å²) >= 11 is 0. The topological polar surface area (TPSA) is 89.3 Å². The van der Waals surface area contributed by atoms with Gasteiger partial charge in [-0.15, -0.1) is 0 Å². The second-order valence-corrected chi connectivity index (χ2v) is 7.42. The maximum Gasteiger partial charge on any atom is 0.231 e. The number of aryl methyl sites for hydroxylation is 1. The molecule has 0 aliphatic heterocycles. The Balaban J connectivity index is 2.02. The van der Waals surface area contributed by atoms with E-state index in [-0.39, 0.29) is 17.6 Å². The quantitative estimate of drug-likeness (QED) is 0.843. The monoisotopic (exact) mass is 346 g/mol. The smallest absolute Gasteiger partial charge is 0.231 e. The van der Waals surface area contributed by atoms with E-state index in [2.05, 4.69) is 12.2 Å². The van der Waals surface area contributed by atoms with Crippen LogP contribution in [0.2, 0.25) is 0 Å². The first kappa shape index (κ1) is 18.2. The number of rotatable bonds is 6. The minimum absolute atomic E-state index is 0.113. The molecule has 0 unspecified atom stereocenters. The largest absolute Gasteiger partial charge is 0.326 e. The van der Waals surface area contributed by atoms with Gasteiger partial charge in [-0.3, -0.25) is 4.79 Å². The molecule has 0 aliphatic rings. The summed E-state index contributed by atoms with van der Waals surface area (Å²) in [6.45, 7) is 3.94. The Morgan fingerprint density at radius 1 is 1.04 bits per heavy atom. The normalized spacial score (nSPS) is 12.6. The summed E-state index contributed by atoms with van der Waals surface area (Å²) in [5, 5.41) is 7.85. The summed E-state index contributed by atoms with van der Waals surface area (Å²) in [4.78, 5) is 12.4. The summed E-state index contributed by atoms with van der Waals surface area (Å²) < 4.78 is 22.1. The molecule has 2 aromatic rings. The van der Waals surface area contributed by atoms with Crippen molar-refractivity contribution in [1.82, 2.24) is 0 Å². The number of hydrogen-bond acceptors (Lipinski definition) is 3. The molecule has 0 aliphatic carbocycles. The van der Waals surface area contributed by atoms with Crippen LogP contribution in [0.5, 0.6) is 0 Å². The number of hydrogen-bond donors (Lipinski definition) is 2. The van der Waals surface area contributed by atoms with Crippen molar-refractivity contribution in [3.8, 4) is 0 Å². The zero-order valence-electron chi connectivity index (χ0n) is 13.8. The lowest BCUT2D eigenvalue weighted by Crippen LogP contribution is -2.19. The predicted molar refractivity (Wildman–Crippen MR) is 96.1 cm³/mol. The molecule has 2 rings (SSSR count). The highest BCUT2D eigenvalue weighted by Gasteiger charge is 2.15. The van der Waals surface area contributed by atoms with Crippen LogP contribution >= 0.6 is 0 Å². The van der Waals surface area contributed by atoms with Crippen molar-refractivity contribution in [2.75, 3.05) is 5.32 Å². The van der Waals surface area contributed by atoms with Gasteiger partial charge in [-0.25, -0.2) is 13.6 Å². The van der Waals surface area contributed by atoms with Crippen molar-refractivity contribution in [1.29, 1.82) is 0 Å². The van der Waals surface area contributed by atoms with Crippen molar-refractivity contribution in [2.45, 2.75) is 31.9 Å². The molecule has 2 aromatic carbocycles. The van der Waals surface area contributed by atoms with Gasteiger partial charge < -0.3 is 5.32 Å². The number of sulfonamides is 1.